The highest BCUT2D eigenvalue weighted by Gasteiger charge is 2.28. The van der Waals surface area contributed by atoms with Crippen LogP contribution in [0.3, 0.4) is 0 Å². The highest BCUT2D eigenvalue weighted by atomic mass is 16.4. The first kappa shape index (κ1) is 22.1. The van der Waals surface area contributed by atoms with E-state index in [1.165, 1.54) is 6.92 Å². The summed E-state index contributed by atoms with van der Waals surface area (Å²) in [6, 6.07) is -5.22. The van der Waals surface area contributed by atoms with Crippen LogP contribution in [-0.4, -0.2) is 64.2 Å². The minimum atomic E-state index is -1.64. The van der Waals surface area contributed by atoms with Crippen LogP contribution in [0.5, 0.6) is 0 Å². The second-order valence-corrected chi connectivity index (χ2v) is 5.16. The Balaban J connectivity index is 4.89. The second-order valence-electron chi connectivity index (χ2n) is 5.16. The fourth-order valence-corrected chi connectivity index (χ4v) is 1.46. The molecule has 10 N–H and O–H groups in total. The van der Waals surface area contributed by atoms with Crippen molar-refractivity contribution in [3.63, 3.8) is 0 Å². The molecule has 0 aromatic heterocycles. The lowest BCUT2D eigenvalue weighted by atomic mass is 10.1. The van der Waals surface area contributed by atoms with Crippen molar-refractivity contribution in [3.8, 4) is 0 Å². The molecule has 0 saturated carbocycles. The predicted octanol–water partition coefficient (Wildman–Crippen LogP) is -4.14. The van der Waals surface area contributed by atoms with E-state index < -0.39 is 60.4 Å². The van der Waals surface area contributed by atoms with E-state index in [0.717, 1.165) is 6.92 Å². The monoisotopic (exact) mass is 362 g/mol. The number of hydrogen-bond acceptors (Lipinski definition) is 7. The summed E-state index contributed by atoms with van der Waals surface area (Å²) < 4.78 is 0. The number of amides is 5. The Morgan fingerprint density at radius 3 is 1.92 bits per heavy atom. The average molecular weight is 362 g/mol. The number of urea groups is 1. The van der Waals surface area contributed by atoms with Gasteiger partial charge in [0.05, 0.1) is 18.6 Å². The van der Waals surface area contributed by atoms with Crippen LogP contribution < -0.4 is 33.0 Å². The first-order valence-corrected chi connectivity index (χ1v) is 7.07. The van der Waals surface area contributed by atoms with Gasteiger partial charge in [-0.05, 0) is 13.8 Å². The Morgan fingerprint density at radius 2 is 1.52 bits per heavy atom. The van der Waals surface area contributed by atoms with Crippen molar-refractivity contribution in [3.05, 3.63) is 0 Å². The van der Waals surface area contributed by atoms with E-state index in [-0.39, 0.29) is 0 Å². The van der Waals surface area contributed by atoms with Crippen molar-refractivity contribution in [1.82, 2.24) is 21.5 Å². The molecule has 0 fully saturated rings. The zero-order valence-corrected chi connectivity index (χ0v) is 13.6. The first-order valence-electron chi connectivity index (χ1n) is 7.07. The molecular formula is C12H22N6O7. The molecule has 0 saturated heterocycles. The Bertz CT molecular complexity index is 536. The lowest BCUT2D eigenvalue weighted by Crippen LogP contribution is -2.59. The standard InChI is InChI=1S/C12H22N6O7/c1-4(13)9(21)17-18-10(22)6(3-7(14)20)15-12(25)16-8(5(2)19)11(23)24/h4-6,8,19H,3,13H2,1-2H3,(H2,14,20)(H,17,21)(H,18,22)(H,23,24)(H2,15,16,25)/t4-,5?,6?,8-/m0/s1. The molecule has 0 aliphatic rings. The van der Waals surface area contributed by atoms with E-state index in [0.29, 0.717) is 0 Å². The SMILES string of the molecule is CC(O)[C@H](NC(=O)NC(CC(N)=O)C(=O)NNC(=O)[C@H](C)N)C(=O)O. The zero-order valence-electron chi connectivity index (χ0n) is 13.6. The van der Waals surface area contributed by atoms with Gasteiger partial charge in [-0.2, -0.15) is 0 Å². The summed E-state index contributed by atoms with van der Waals surface area (Å²) in [4.78, 5) is 56.9. The van der Waals surface area contributed by atoms with Gasteiger partial charge in [-0.25, -0.2) is 9.59 Å². The number of aliphatic hydroxyl groups is 1. The first-order chi connectivity index (χ1) is 11.5. The highest BCUT2D eigenvalue weighted by molar-refractivity contribution is 5.93. The number of aliphatic carboxylic acids is 1. The van der Waals surface area contributed by atoms with Gasteiger partial charge in [-0.15, -0.1) is 0 Å². The Kier molecular flexibility index (Phi) is 8.87. The van der Waals surface area contributed by atoms with Gasteiger partial charge >= 0.3 is 12.0 Å². The summed E-state index contributed by atoms with van der Waals surface area (Å²) in [5.41, 5.74) is 14.2. The van der Waals surface area contributed by atoms with Crippen LogP contribution in [0.2, 0.25) is 0 Å². The van der Waals surface area contributed by atoms with E-state index in [1.54, 1.807) is 0 Å². The minimum absolute atomic E-state index is 0.625. The fraction of sp³-hybridized carbons (Fsp3) is 0.583. The van der Waals surface area contributed by atoms with E-state index >= 15 is 0 Å². The maximum Gasteiger partial charge on any atom is 0.328 e. The fourth-order valence-electron chi connectivity index (χ4n) is 1.46. The summed E-state index contributed by atoms with van der Waals surface area (Å²) in [7, 11) is 0. The van der Waals surface area contributed by atoms with Crippen LogP contribution in [0.15, 0.2) is 0 Å². The number of hydrazine groups is 1. The molecule has 0 aliphatic heterocycles. The lowest BCUT2D eigenvalue weighted by molar-refractivity contribution is -0.141. The molecule has 4 atom stereocenters. The van der Waals surface area contributed by atoms with Gasteiger partial charge in [0.15, 0.2) is 6.04 Å². The van der Waals surface area contributed by atoms with Gasteiger partial charge in [-0.1, -0.05) is 0 Å². The zero-order chi connectivity index (χ0) is 19.7. The summed E-state index contributed by atoms with van der Waals surface area (Å²) >= 11 is 0. The number of carboxylic acid groups (broad SMARTS) is 1. The van der Waals surface area contributed by atoms with Crippen LogP contribution in [-0.2, 0) is 19.2 Å². The molecule has 0 heterocycles. The number of rotatable bonds is 8. The van der Waals surface area contributed by atoms with Crippen molar-refractivity contribution in [2.75, 3.05) is 0 Å². The second kappa shape index (κ2) is 10.0. The number of carbonyl (C=O) groups excluding carboxylic acids is 4. The van der Waals surface area contributed by atoms with E-state index in [1.807, 2.05) is 21.5 Å². The van der Waals surface area contributed by atoms with E-state index in [4.69, 9.17) is 16.6 Å². The molecule has 142 valence electrons. The molecule has 0 radical (unpaired) electrons. The van der Waals surface area contributed by atoms with Crippen molar-refractivity contribution in [2.24, 2.45) is 11.5 Å². The van der Waals surface area contributed by atoms with Crippen LogP contribution in [0, 0.1) is 0 Å². The Hall–Kier alpha value is -2.93. The van der Waals surface area contributed by atoms with Gasteiger partial charge < -0.3 is 32.3 Å². The number of aliphatic hydroxyl groups excluding tert-OH is 1. The number of hydrogen-bond donors (Lipinski definition) is 8. The molecule has 0 aliphatic carbocycles. The Labute approximate surface area is 142 Å². The molecule has 0 spiro atoms. The van der Waals surface area contributed by atoms with Crippen molar-refractivity contribution in [2.45, 2.75) is 44.5 Å². The number of carboxylic acids is 1. The number of nitrogens with one attached hydrogen (secondary N) is 4. The third kappa shape index (κ3) is 8.47. The molecule has 25 heavy (non-hydrogen) atoms. The normalized spacial score (nSPS) is 15.0. The molecular weight excluding hydrogens is 340 g/mol. The van der Waals surface area contributed by atoms with Gasteiger partial charge in [0, 0.05) is 0 Å². The van der Waals surface area contributed by atoms with Gasteiger partial charge in [0.1, 0.15) is 6.04 Å². The molecule has 0 aromatic carbocycles. The van der Waals surface area contributed by atoms with Gasteiger partial charge in [0.2, 0.25) is 5.91 Å². The largest absolute Gasteiger partial charge is 0.480 e. The lowest BCUT2D eigenvalue weighted by Gasteiger charge is -2.21. The maximum atomic E-state index is 11.9. The van der Waals surface area contributed by atoms with Crippen molar-refractivity contribution >= 4 is 29.7 Å². The van der Waals surface area contributed by atoms with Gasteiger partial charge in [0.25, 0.3) is 11.8 Å². The number of nitrogens with two attached hydrogens (primary N) is 2. The van der Waals surface area contributed by atoms with E-state index in [2.05, 4.69) is 0 Å². The average Bonchev–Trinajstić information content (AvgIpc) is 2.47. The molecule has 0 rings (SSSR count). The topological polar surface area (TPSA) is 226 Å². The van der Waals surface area contributed by atoms with Crippen molar-refractivity contribution in [1.29, 1.82) is 0 Å². The molecule has 13 nitrogen and oxygen atoms in total. The van der Waals surface area contributed by atoms with Crippen LogP contribution in [0.1, 0.15) is 20.3 Å². The molecule has 0 bridgehead atoms. The summed E-state index contributed by atoms with van der Waals surface area (Å²) in [6.07, 6.45) is -2.04. The molecule has 5 amide bonds. The smallest absolute Gasteiger partial charge is 0.328 e. The molecule has 2 unspecified atom stereocenters. The maximum absolute atomic E-state index is 11.9. The quantitative estimate of drug-likeness (QED) is 0.197. The van der Waals surface area contributed by atoms with Crippen molar-refractivity contribution < 1.29 is 34.2 Å². The van der Waals surface area contributed by atoms with Gasteiger partial charge in [-0.3, -0.25) is 25.2 Å². The number of carbonyl (C=O) groups is 5. The molecule has 13 heteroatoms. The summed E-state index contributed by atoms with van der Waals surface area (Å²) in [5, 5.41) is 22.1. The Morgan fingerprint density at radius 1 is 1.00 bits per heavy atom. The summed E-state index contributed by atoms with van der Waals surface area (Å²) in [6.45, 7) is 2.49. The third-order valence-electron chi connectivity index (χ3n) is 2.78. The third-order valence-corrected chi connectivity index (χ3v) is 2.78. The van der Waals surface area contributed by atoms with Crippen LogP contribution in [0.4, 0.5) is 4.79 Å². The number of primary amides is 1. The predicted molar refractivity (Wildman–Crippen MR) is 82.3 cm³/mol. The van der Waals surface area contributed by atoms with E-state index in [9.17, 15) is 29.1 Å². The molecule has 0 aromatic rings. The highest BCUT2D eigenvalue weighted by Crippen LogP contribution is 1.96. The summed E-state index contributed by atoms with van der Waals surface area (Å²) in [5.74, 6) is -4.17. The minimum Gasteiger partial charge on any atom is -0.480 e. The van der Waals surface area contributed by atoms with Crippen LogP contribution >= 0.6 is 0 Å². The van der Waals surface area contributed by atoms with Crippen LogP contribution in [0.25, 0.3) is 0 Å².